The van der Waals surface area contributed by atoms with E-state index in [4.69, 9.17) is 0 Å². The minimum Gasteiger partial charge on any atom is -0.376 e. The molecule has 1 aromatic heterocycles. The maximum absolute atomic E-state index is 12.5. The molecule has 3 rings (SSSR count). The molecule has 0 fully saturated rings. The van der Waals surface area contributed by atoms with Crippen molar-refractivity contribution in [3.05, 3.63) is 48.0 Å². The van der Waals surface area contributed by atoms with Gasteiger partial charge in [0, 0.05) is 20.2 Å². The first kappa shape index (κ1) is 19.7. The van der Waals surface area contributed by atoms with Gasteiger partial charge in [0.2, 0.25) is 0 Å². The smallest absolute Gasteiger partial charge is 0.376 e. The average molecular weight is 414 g/mol. The molecule has 0 aliphatic carbocycles. The Bertz CT molecular complexity index is 1100. The van der Waals surface area contributed by atoms with Gasteiger partial charge in [-0.3, -0.25) is 0 Å². The van der Waals surface area contributed by atoms with Crippen molar-refractivity contribution in [2.45, 2.75) is 31.7 Å². The molecule has 144 valence electrons. The van der Waals surface area contributed by atoms with Crippen molar-refractivity contribution in [2.24, 2.45) is 0 Å². The van der Waals surface area contributed by atoms with E-state index in [2.05, 4.69) is 17.2 Å². The molecule has 3 nitrogen and oxygen atoms in total. The topological polar surface area (TPSA) is 43.4 Å². The van der Waals surface area contributed by atoms with E-state index in [-0.39, 0.29) is 5.75 Å². The maximum atomic E-state index is 12.5. The molecule has 2 aromatic carbocycles. The molecule has 0 aliphatic rings. The van der Waals surface area contributed by atoms with Crippen LogP contribution < -0.4 is 4.18 Å². The first-order valence-corrected chi connectivity index (χ1v) is 10.6. The highest BCUT2D eigenvalue weighted by atomic mass is 32.2. The summed E-state index contributed by atoms with van der Waals surface area (Å²) in [5.41, 5.74) is -4.41. The molecule has 0 atom stereocenters. The van der Waals surface area contributed by atoms with E-state index in [9.17, 15) is 21.6 Å². The zero-order chi connectivity index (χ0) is 19.7. The molecule has 0 saturated heterocycles. The summed E-state index contributed by atoms with van der Waals surface area (Å²) in [5.74, 6) is -0.355. The van der Waals surface area contributed by atoms with Gasteiger partial charge in [-0.25, -0.2) is 0 Å². The predicted molar refractivity (Wildman–Crippen MR) is 103 cm³/mol. The van der Waals surface area contributed by atoms with Crippen LogP contribution in [0.2, 0.25) is 0 Å². The van der Waals surface area contributed by atoms with Crippen molar-refractivity contribution >= 4 is 47.7 Å². The van der Waals surface area contributed by atoms with Crippen LogP contribution in [0.4, 0.5) is 13.2 Å². The molecule has 0 aliphatic heterocycles. The lowest BCUT2D eigenvalue weighted by Crippen LogP contribution is -2.27. The first-order chi connectivity index (χ1) is 12.7. The fraction of sp³-hybridized carbons (Fsp3) is 0.263. The van der Waals surface area contributed by atoms with Gasteiger partial charge in [-0.05, 0) is 36.2 Å². The van der Waals surface area contributed by atoms with E-state index in [1.807, 2.05) is 24.3 Å². The molecule has 0 spiro atoms. The van der Waals surface area contributed by atoms with Crippen molar-refractivity contribution < 1.29 is 25.8 Å². The van der Waals surface area contributed by atoms with Crippen LogP contribution in [-0.2, 0) is 10.1 Å². The summed E-state index contributed by atoms with van der Waals surface area (Å²) >= 11 is 1.38. The van der Waals surface area contributed by atoms with Gasteiger partial charge in [0.25, 0.3) is 0 Å². The highest BCUT2D eigenvalue weighted by Crippen LogP contribution is 2.37. The van der Waals surface area contributed by atoms with Gasteiger partial charge in [0.1, 0.15) is 5.75 Å². The first-order valence-electron chi connectivity index (χ1n) is 8.35. The van der Waals surface area contributed by atoms with Crippen LogP contribution in [0, 0.1) is 0 Å². The maximum Gasteiger partial charge on any atom is 0.534 e. The largest absolute Gasteiger partial charge is 0.534 e. The Labute approximate surface area is 159 Å². The van der Waals surface area contributed by atoms with Crippen molar-refractivity contribution in [3.8, 4) is 5.75 Å². The minimum absolute atomic E-state index is 0.355. The number of unbranched alkanes of at least 4 members (excludes halogenated alkanes) is 2. The standard InChI is InChI=1S/C19H17F3O3S2/c1-2-3-4-5-6-13-7-9-15-16-10-8-14(12-18(16)26-17(15)11-13)25-27(23,24)19(20,21)22/h5-12H,2-4H2,1H3/b6-5+. The number of hydrogen-bond donors (Lipinski definition) is 0. The Hall–Kier alpha value is -2.06. The summed E-state index contributed by atoms with van der Waals surface area (Å²) < 4.78 is 65.6. The van der Waals surface area contributed by atoms with Gasteiger partial charge in [0.15, 0.2) is 0 Å². The summed E-state index contributed by atoms with van der Waals surface area (Å²) in [5, 5.41) is 1.80. The summed E-state index contributed by atoms with van der Waals surface area (Å²) in [7, 11) is -5.68. The number of rotatable bonds is 6. The van der Waals surface area contributed by atoms with Crippen LogP contribution in [0.5, 0.6) is 5.75 Å². The molecule has 8 heteroatoms. The molecule has 27 heavy (non-hydrogen) atoms. The van der Waals surface area contributed by atoms with Gasteiger partial charge in [-0.2, -0.15) is 21.6 Å². The number of fused-ring (bicyclic) bond motifs is 3. The van der Waals surface area contributed by atoms with Crippen LogP contribution in [-0.4, -0.2) is 13.9 Å². The third kappa shape index (κ3) is 4.27. The van der Waals surface area contributed by atoms with Gasteiger partial charge < -0.3 is 4.18 Å². The number of benzene rings is 2. The van der Waals surface area contributed by atoms with Gasteiger partial charge in [-0.15, -0.1) is 11.3 Å². The quantitative estimate of drug-likeness (QED) is 0.263. The van der Waals surface area contributed by atoms with Crippen molar-refractivity contribution in [2.75, 3.05) is 0 Å². The van der Waals surface area contributed by atoms with Crippen molar-refractivity contribution in [1.82, 2.24) is 0 Å². The average Bonchev–Trinajstić information content (AvgIpc) is 2.94. The fourth-order valence-electron chi connectivity index (χ4n) is 2.64. The molecule has 3 aromatic rings. The zero-order valence-corrected chi connectivity index (χ0v) is 16.0. The Morgan fingerprint density at radius 2 is 1.74 bits per heavy atom. The molecule has 0 bridgehead atoms. The summed E-state index contributed by atoms with van der Waals surface area (Å²) in [6, 6.07) is 10.1. The van der Waals surface area contributed by atoms with Crippen LogP contribution in [0.3, 0.4) is 0 Å². The van der Waals surface area contributed by atoms with E-state index >= 15 is 0 Å². The van der Waals surface area contributed by atoms with Crippen LogP contribution in [0.25, 0.3) is 26.2 Å². The number of halogens is 3. The Kier molecular flexibility index (Phi) is 5.48. The fourth-order valence-corrected chi connectivity index (χ4v) is 4.28. The Morgan fingerprint density at radius 1 is 1.07 bits per heavy atom. The Balaban J connectivity index is 1.93. The van der Waals surface area contributed by atoms with Crippen LogP contribution in [0.15, 0.2) is 42.5 Å². The predicted octanol–water partition coefficient (Wildman–Crippen LogP) is 6.49. The van der Waals surface area contributed by atoms with E-state index < -0.39 is 15.6 Å². The molecule has 0 radical (unpaired) electrons. The Morgan fingerprint density at radius 3 is 2.41 bits per heavy atom. The van der Waals surface area contributed by atoms with Gasteiger partial charge in [-0.1, -0.05) is 44.1 Å². The lowest BCUT2D eigenvalue weighted by atomic mass is 10.1. The SMILES string of the molecule is CCCC/C=C/c1ccc2c(c1)sc1cc(OS(=O)(=O)C(F)(F)F)ccc12. The third-order valence-corrected chi connectivity index (χ3v) is 6.09. The third-order valence-electron chi connectivity index (χ3n) is 3.99. The molecule has 0 N–H and O–H groups in total. The lowest BCUT2D eigenvalue weighted by molar-refractivity contribution is -0.0500. The lowest BCUT2D eigenvalue weighted by Gasteiger charge is -2.09. The second-order valence-electron chi connectivity index (χ2n) is 6.04. The zero-order valence-electron chi connectivity index (χ0n) is 14.4. The molecule has 0 saturated carbocycles. The number of allylic oxidation sites excluding steroid dienone is 1. The minimum atomic E-state index is -5.68. The molecule has 1 heterocycles. The second-order valence-corrected chi connectivity index (χ2v) is 8.67. The van der Waals surface area contributed by atoms with E-state index in [1.54, 1.807) is 6.07 Å². The highest BCUT2D eigenvalue weighted by molar-refractivity contribution is 7.88. The van der Waals surface area contributed by atoms with Crippen LogP contribution in [0.1, 0.15) is 31.7 Å². The second kappa shape index (κ2) is 7.52. The van der Waals surface area contributed by atoms with Crippen LogP contribution >= 0.6 is 11.3 Å². The van der Waals surface area contributed by atoms with Gasteiger partial charge in [0.05, 0.1) is 0 Å². The monoisotopic (exact) mass is 414 g/mol. The summed E-state index contributed by atoms with van der Waals surface area (Å²) in [6.07, 6.45) is 7.44. The molecular formula is C19H17F3O3S2. The normalized spacial score (nSPS) is 13.0. The summed E-state index contributed by atoms with van der Waals surface area (Å²) in [6.45, 7) is 2.13. The molecule has 0 amide bonds. The molecule has 0 unspecified atom stereocenters. The van der Waals surface area contributed by atoms with Crippen molar-refractivity contribution in [3.63, 3.8) is 0 Å². The van der Waals surface area contributed by atoms with Gasteiger partial charge >= 0.3 is 15.6 Å². The number of alkyl halides is 3. The van der Waals surface area contributed by atoms with E-state index in [0.29, 0.717) is 4.70 Å². The highest BCUT2D eigenvalue weighted by Gasteiger charge is 2.48. The van der Waals surface area contributed by atoms with E-state index in [0.717, 1.165) is 40.3 Å². The molecular weight excluding hydrogens is 397 g/mol. The van der Waals surface area contributed by atoms with Crippen molar-refractivity contribution in [1.29, 1.82) is 0 Å². The number of thiophene rings is 1. The number of hydrogen-bond acceptors (Lipinski definition) is 4. The van der Waals surface area contributed by atoms with E-state index in [1.165, 1.54) is 23.5 Å². The summed E-state index contributed by atoms with van der Waals surface area (Å²) in [4.78, 5) is 0.